The van der Waals surface area contributed by atoms with Crippen molar-refractivity contribution in [3.05, 3.63) is 28.8 Å². The van der Waals surface area contributed by atoms with Crippen molar-refractivity contribution < 1.29 is 27.5 Å². The lowest BCUT2D eigenvalue weighted by Crippen LogP contribution is -2.55. The van der Waals surface area contributed by atoms with Gasteiger partial charge in [0.1, 0.15) is 10.8 Å². The van der Waals surface area contributed by atoms with Crippen molar-refractivity contribution in [3.63, 3.8) is 0 Å². The molecule has 10 heteroatoms. The van der Waals surface area contributed by atoms with Crippen LogP contribution in [0.1, 0.15) is 44.1 Å². The maximum absolute atomic E-state index is 13.9. The van der Waals surface area contributed by atoms with Crippen LogP contribution >= 0.6 is 11.6 Å². The topological polar surface area (TPSA) is 71.5 Å². The van der Waals surface area contributed by atoms with E-state index in [2.05, 4.69) is 10.3 Å². The molecule has 2 amide bonds. The van der Waals surface area contributed by atoms with Crippen LogP contribution in [0.3, 0.4) is 0 Å². The lowest BCUT2D eigenvalue weighted by atomic mass is 9.98. The van der Waals surface area contributed by atoms with Gasteiger partial charge in [-0.2, -0.15) is 0 Å². The number of aromatic nitrogens is 1. The fourth-order valence-electron chi connectivity index (χ4n) is 2.66. The van der Waals surface area contributed by atoms with Crippen molar-refractivity contribution in [1.29, 1.82) is 0 Å². The summed E-state index contributed by atoms with van der Waals surface area (Å²) in [4.78, 5) is 28.9. The third-order valence-corrected chi connectivity index (χ3v) is 4.05. The van der Waals surface area contributed by atoms with E-state index in [1.54, 1.807) is 20.8 Å². The minimum atomic E-state index is -3.12. The van der Waals surface area contributed by atoms with E-state index in [4.69, 9.17) is 16.3 Å². The standard InChI is InChI=1S/C17H21ClF3N3O3/c1-16(2,3)27-15(26)22-8-10-6-7-17(20,21)9-24(10)14(25)13-11(19)4-5-12(18)23-13/h4-5,10H,6-9H2,1-3H3,(H,22,26)/t10-/m1/s1. The molecule has 1 aliphatic heterocycles. The highest BCUT2D eigenvalue weighted by molar-refractivity contribution is 6.29. The summed E-state index contributed by atoms with van der Waals surface area (Å²) in [5.74, 6) is -5.09. The highest BCUT2D eigenvalue weighted by atomic mass is 35.5. The normalized spacial score (nSPS) is 19.5. The van der Waals surface area contributed by atoms with Crippen LogP contribution in [-0.4, -0.2) is 52.5 Å². The summed E-state index contributed by atoms with van der Waals surface area (Å²) in [5.41, 5.74) is -1.37. The van der Waals surface area contributed by atoms with Crippen molar-refractivity contribution in [2.45, 2.75) is 51.2 Å². The molecule has 1 aliphatic rings. The Hall–Kier alpha value is -2.03. The summed E-state index contributed by atoms with van der Waals surface area (Å²) < 4.78 is 46.8. The van der Waals surface area contributed by atoms with Gasteiger partial charge in [-0.15, -0.1) is 0 Å². The van der Waals surface area contributed by atoms with E-state index in [1.807, 2.05) is 0 Å². The van der Waals surface area contributed by atoms with Crippen LogP contribution in [0.15, 0.2) is 12.1 Å². The third-order valence-electron chi connectivity index (χ3n) is 3.84. The van der Waals surface area contributed by atoms with Gasteiger partial charge in [0.15, 0.2) is 11.5 Å². The van der Waals surface area contributed by atoms with Crippen molar-refractivity contribution in [2.75, 3.05) is 13.1 Å². The summed E-state index contributed by atoms with van der Waals surface area (Å²) in [7, 11) is 0. The molecule has 1 aromatic heterocycles. The average molecular weight is 408 g/mol. The van der Waals surface area contributed by atoms with Gasteiger partial charge >= 0.3 is 6.09 Å². The zero-order chi connectivity index (χ0) is 20.4. The monoisotopic (exact) mass is 407 g/mol. The molecule has 0 bridgehead atoms. The number of ether oxygens (including phenoxy) is 1. The lowest BCUT2D eigenvalue weighted by molar-refractivity contribution is -0.0719. The molecule has 27 heavy (non-hydrogen) atoms. The molecule has 0 aliphatic carbocycles. The van der Waals surface area contributed by atoms with Gasteiger partial charge in [0.2, 0.25) is 0 Å². The highest BCUT2D eigenvalue weighted by Gasteiger charge is 2.43. The minimum absolute atomic E-state index is 0.0727. The molecular weight excluding hydrogens is 387 g/mol. The van der Waals surface area contributed by atoms with Gasteiger partial charge in [0.05, 0.1) is 12.6 Å². The van der Waals surface area contributed by atoms with Crippen LogP contribution in [0, 0.1) is 5.82 Å². The van der Waals surface area contributed by atoms with E-state index in [-0.39, 0.29) is 18.1 Å². The van der Waals surface area contributed by atoms with E-state index < -0.39 is 54.0 Å². The van der Waals surface area contributed by atoms with E-state index in [9.17, 15) is 22.8 Å². The fourth-order valence-corrected chi connectivity index (χ4v) is 2.81. The zero-order valence-corrected chi connectivity index (χ0v) is 15.9. The van der Waals surface area contributed by atoms with E-state index in [1.165, 1.54) is 0 Å². The van der Waals surface area contributed by atoms with Gasteiger partial charge < -0.3 is 15.0 Å². The van der Waals surface area contributed by atoms with Crippen molar-refractivity contribution in [1.82, 2.24) is 15.2 Å². The van der Waals surface area contributed by atoms with Crippen LogP contribution in [0.2, 0.25) is 5.15 Å². The number of amides is 2. The maximum Gasteiger partial charge on any atom is 0.407 e. The Morgan fingerprint density at radius 1 is 1.41 bits per heavy atom. The molecule has 0 radical (unpaired) electrons. The Bertz CT molecular complexity index is 725. The number of carbonyl (C=O) groups excluding carboxylic acids is 2. The molecule has 150 valence electrons. The Kier molecular flexibility index (Phi) is 6.24. The number of piperidine rings is 1. The number of hydrogen-bond acceptors (Lipinski definition) is 4. The van der Waals surface area contributed by atoms with Crippen molar-refractivity contribution in [3.8, 4) is 0 Å². The molecule has 1 aromatic rings. The number of nitrogens with one attached hydrogen (secondary N) is 1. The van der Waals surface area contributed by atoms with Crippen molar-refractivity contribution in [2.24, 2.45) is 0 Å². The molecule has 0 spiro atoms. The predicted octanol–water partition coefficient (Wildman–Crippen LogP) is 3.64. The number of hydrogen-bond donors (Lipinski definition) is 1. The van der Waals surface area contributed by atoms with E-state index >= 15 is 0 Å². The number of rotatable bonds is 3. The minimum Gasteiger partial charge on any atom is -0.444 e. The Morgan fingerprint density at radius 3 is 2.70 bits per heavy atom. The highest BCUT2D eigenvalue weighted by Crippen LogP contribution is 2.31. The molecule has 0 unspecified atom stereocenters. The number of alkyl carbamates (subject to hydrolysis) is 1. The predicted molar refractivity (Wildman–Crippen MR) is 92.4 cm³/mol. The van der Waals surface area contributed by atoms with Crippen LogP contribution in [0.4, 0.5) is 18.0 Å². The third kappa shape index (κ3) is 5.98. The van der Waals surface area contributed by atoms with Crippen LogP contribution in [0.25, 0.3) is 0 Å². The second-order valence-corrected chi connectivity index (χ2v) is 7.72. The summed E-state index contributed by atoms with van der Waals surface area (Å²) >= 11 is 5.69. The largest absolute Gasteiger partial charge is 0.444 e. The quantitative estimate of drug-likeness (QED) is 0.776. The Labute approximate surface area is 160 Å². The van der Waals surface area contributed by atoms with Gasteiger partial charge in [-0.05, 0) is 39.3 Å². The Balaban J connectivity index is 2.16. The van der Waals surface area contributed by atoms with Crippen LogP contribution < -0.4 is 5.32 Å². The number of halogens is 4. The number of carbonyl (C=O) groups is 2. The first kappa shape index (κ1) is 21.3. The van der Waals surface area contributed by atoms with Gasteiger partial charge in [-0.3, -0.25) is 4.79 Å². The average Bonchev–Trinajstić information content (AvgIpc) is 2.53. The number of likely N-dealkylation sites (tertiary alicyclic amines) is 1. The molecule has 6 nitrogen and oxygen atoms in total. The summed E-state index contributed by atoms with van der Waals surface area (Å²) in [6.07, 6.45) is -1.26. The van der Waals surface area contributed by atoms with Gasteiger partial charge in [0, 0.05) is 13.0 Å². The summed E-state index contributed by atoms with van der Waals surface area (Å²) in [5, 5.41) is 2.33. The molecule has 0 saturated carbocycles. The maximum atomic E-state index is 13.9. The molecule has 2 rings (SSSR count). The Morgan fingerprint density at radius 2 is 2.07 bits per heavy atom. The molecule has 1 saturated heterocycles. The first-order chi connectivity index (χ1) is 12.4. The SMILES string of the molecule is CC(C)(C)OC(=O)NC[C@H]1CCC(F)(F)CN1C(=O)c1nc(Cl)ccc1F. The lowest BCUT2D eigenvalue weighted by Gasteiger charge is -2.39. The van der Waals surface area contributed by atoms with E-state index in [0.717, 1.165) is 17.0 Å². The summed E-state index contributed by atoms with van der Waals surface area (Å²) in [6, 6.07) is 1.34. The van der Waals surface area contributed by atoms with Gasteiger partial charge in [-0.25, -0.2) is 22.9 Å². The van der Waals surface area contributed by atoms with Crippen molar-refractivity contribution >= 4 is 23.6 Å². The molecular formula is C17H21ClF3N3O3. The first-order valence-corrected chi connectivity index (χ1v) is 8.73. The van der Waals surface area contributed by atoms with Crippen LogP contribution in [-0.2, 0) is 4.74 Å². The van der Waals surface area contributed by atoms with Gasteiger partial charge in [0.25, 0.3) is 11.8 Å². The second-order valence-electron chi connectivity index (χ2n) is 7.33. The van der Waals surface area contributed by atoms with E-state index in [0.29, 0.717) is 0 Å². The zero-order valence-electron chi connectivity index (χ0n) is 15.2. The smallest absolute Gasteiger partial charge is 0.407 e. The molecule has 1 fully saturated rings. The number of alkyl halides is 2. The summed E-state index contributed by atoms with van der Waals surface area (Å²) in [6.45, 7) is 4.02. The van der Waals surface area contributed by atoms with Crippen LogP contribution in [0.5, 0.6) is 0 Å². The molecule has 1 atom stereocenters. The number of nitrogens with zero attached hydrogens (tertiary/aromatic N) is 2. The molecule has 2 heterocycles. The van der Waals surface area contributed by atoms with Gasteiger partial charge in [-0.1, -0.05) is 11.6 Å². The fraction of sp³-hybridized carbons (Fsp3) is 0.588. The number of pyridine rings is 1. The molecule has 1 N–H and O–H groups in total. The molecule has 0 aromatic carbocycles. The first-order valence-electron chi connectivity index (χ1n) is 8.36. The second kappa shape index (κ2) is 7.92.